The van der Waals surface area contributed by atoms with Crippen LogP contribution in [0.4, 0.5) is 0 Å². The Kier molecular flexibility index (Phi) is 3.79. The Balaban J connectivity index is 2.08. The molecule has 1 unspecified atom stereocenters. The first-order chi connectivity index (χ1) is 8.15. The first-order valence-corrected chi connectivity index (χ1v) is 6.45. The van der Waals surface area contributed by atoms with Crippen molar-refractivity contribution in [3.8, 4) is 0 Å². The van der Waals surface area contributed by atoms with Gasteiger partial charge in [-0.1, -0.05) is 26.2 Å². The second-order valence-electron chi connectivity index (χ2n) is 5.44. The summed E-state index contributed by atoms with van der Waals surface area (Å²) in [7, 11) is 1.93. The second kappa shape index (κ2) is 5.14. The largest absolute Gasteiger partial charge is 0.271 e. The third kappa shape index (κ3) is 2.66. The van der Waals surface area contributed by atoms with E-state index in [2.05, 4.69) is 22.4 Å². The maximum atomic E-state index is 5.75. The summed E-state index contributed by atoms with van der Waals surface area (Å²) in [5.41, 5.74) is 3.29. The molecule has 96 valence electrons. The number of nitrogens with one attached hydrogen (secondary N) is 1. The molecule has 17 heavy (non-hydrogen) atoms. The van der Waals surface area contributed by atoms with Gasteiger partial charge in [-0.2, -0.15) is 5.10 Å². The molecular weight excluding hydrogens is 214 g/mol. The minimum absolute atomic E-state index is 0.283. The number of nitrogens with two attached hydrogens (primary N) is 1. The molecular formula is C12H23N5. The Bertz CT molecular complexity index is 354. The number of aryl methyl sites for hydroxylation is 1. The van der Waals surface area contributed by atoms with E-state index in [0.29, 0.717) is 5.41 Å². The Labute approximate surface area is 103 Å². The molecule has 0 spiro atoms. The summed E-state index contributed by atoms with van der Waals surface area (Å²) in [6.07, 6.45) is 8.94. The predicted octanol–water partition coefficient (Wildman–Crippen LogP) is 1.16. The zero-order valence-corrected chi connectivity index (χ0v) is 10.8. The van der Waals surface area contributed by atoms with E-state index in [9.17, 15) is 0 Å². The molecule has 1 atom stereocenters. The minimum Gasteiger partial charge on any atom is -0.271 e. The summed E-state index contributed by atoms with van der Waals surface area (Å²) in [4.78, 5) is 4.29. The van der Waals surface area contributed by atoms with Crippen molar-refractivity contribution >= 4 is 0 Å². The summed E-state index contributed by atoms with van der Waals surface area (Å²) in [5, 5.41) is 4.11. The standard InChI is InChI=1S/C12H23N5/c1-12(6-4-3-5-7-12)10(16-13)8-11-14-9-15-17(11)2/h9-10,16H,3-8,13H2,1-2H3. The zero-order valence-electron chi connectivity index (χ0n) is 10.8. The van der Waals surface area contributed by atoms with Crippen molar-refractivity contribution in [1.29, 1.82) is 0 Å². The molecule has 0 saturated heterocycles. The van der Waals surface area contributed by atoms with Crippen LogP contribution in [0.15, 0.2) is 6.33 Å². The Morgan fingerprint density at radius 2 is 2.18 bits per heavy atom. The van der Waals surface area contributed by atoms with E-state index < -0.39 is 0 Å². The zero-order chi connectivity index (χ0) is 12.3. The lowest BCUT2D eigenvalue weighted by atomic mass is 9.70. The molecule has 1 aliphatic rings. The van der Waals surface area contributed by atoms with Crippen molar-refractivity contribution in [2.45, 2.75) is 51.5 Å². The Morgan fingerprint density at radius 1 is 1.47 bits per heavy atom. The minimum atomic E-state index is 0.283. The van der Waals surface area contributed by atoms with Crippen LogP contribution in [0.3, 0.4) is 0 Å². The van der Waals surface area contributed by atoms with Gasteiger partial charge in [0.05, 0.1) is 0 Å². The summed E-state index contributed by atoms with van der Waals surface area (Å²) in [6, 6.07) is 0.283. The summed E-state index contributed by atoms with van der Waals surface area (Å²) in [6.45, 7) is 2.34. The summed E-state index contributed by atoms with van der Waals surface area (Å²) < 4.78 is 1.83. The van der Waals surface area contributed by atoms with E-state index in [1.165, 1.54) is 32.1 Å². The first-order valence-electron chi connectivity index (χ1n) is 6.45. The fourth-order valence-corrected chi connectivity index (χ4v) is 2.90. The number of hydrazine groups is 1. The van der Waals surface area contributed by atoms with Gasteiger partial charge in [0.15, 0.2) is 0 Å². The maximum Gasteiger partial charge on any atom is 0.138 e. The van der Waals surface area contributed by atoms with Crippen molar-refractivity contribution in [2.24, 2.45) is 18.3 Å². The highest BCUT2D eigenvalue weighted by Crippen LogP contribution is 2.39. The van der Waals surface area contributed by atoms with Crippen LogP contribution in [0.2, 0.25) is 0 Å². The molecule has 0 amide bonds. The molecule has 0 aliphatic heterocycles. The van der Waals surface area contributed by atoms with Crippen molar-refractivity contribution < 1.29 is 0 Å². The van der Waals surface area contributed by atoms with E-state index in [-0.39, 0.29) is 6.04 Å². The lowest BCUT2D eigenvalue weighted by Gasteiger charge is -2.40. The van der Waals surface area contributed by atoms with Crippen molar-refractivity contribution in [1.82, 2.24) is 20.2 Å². The molecule has 5 heteroatoms. The van der Waals surface area contributed by atoms with Crippen LogP contribution in [0.5, 0.6) is 0 Å². The highest BCUT2D eigenvalue weighted by atomic mass is 15.3. The van der Waals surface area contributed by atoms with Crippen LogP contribution < -0.4 is 11.3 Å². The molecule has 1 saturated carbocycles. The molecule has 2 rings (SSSR count). The molecule has 0 aromatic carbocycles. The highest BCUT2D eigenvalue weighted by molar-refractivity contribution is 4.96. The van der Waals surface area contributed by atoms with Gasteiger partial charge < -0.3 is 0 Å². The average Bonchev–Trinajstić information content (AvgIpc) is 2.72. The van der Waals surface area contributed by atoms with Gasteiger partial charge in [-0.3, -0.25) is 16.0 Å². The normalized spacial score (nSPS) is 21.4. The number of aromatic nitrogens is 3. The number of hydrogen-bond acceptors (Lipinski definition) is 4. The van der Waals surface area contributed by atoms with Gasteiger partial charge in [-0.05, 0) is 18.3 Å². The van der Waals surface area contributed by atoms with E-state index in [0.717, 1.165) is 12.2 Å². The lowest BCUT2D eigenvalue weighted by Crippen LogP contribution is -2.49. The average molecular weight is 237 g/mol. The molecule has 1 fully saturated rings. The quantitative estimate of drug-likeness (QED) is 0.609. The second-order valence-corrected chi connectivity index (χ2v) is 5.44. The fourth-order valence-electron chi connectivity index (χ4n) is 2.90. The maximum absolute atomic E-state index is 5.75. The Hall–Kier alpha value is -0.940. The topological polar surface area (TPSA) is 68.8 Å². The van der Waals surface area contributed by atoms with Gasteiger partial charge in [0.25, 0.3) is 0 Å². The van der Waals surface area contributed by atoms with Gasteiger partial charge in [0.2, 0.25) is 0 Å². The van der Waals surface area contributed by atoms with Gasteiger partial charge in [0.1, 0.15) is 12.2 Å². The van der Waals surface area contributed by atoms with Gasteiger partial charge in [-0.15, -0.1) is 0 Å². The molecule has 3 N–H and O–H groups in total. The molecule has 0 bridgehead atoms. The predicted molar refractivity (Wildman–Crippen MR) is 67.0 cm³/mol. The van der Waals surface area contributed by atoms with E-state index in [1.807, 2.05) is 11.7 Å². The summed E-state index contributed by atoms with van der Waals surface area (Å²) >= 11 is 0. The van der Waals surface area contributed by atoms with Crippen LogP contribution in [-0.2, 0) is 13.5 Å². The van der Waals surface area contributed by atoms with Crippen LogP contribution in [0.25, 0.3) is 0 Å². The van der Waals surface area contributed by atoms with Gasteiger partial charge >= 0.3 is 0 Å². The smallest absolute Gasteiger partial charge is 0.138 e. The number of hydrogen-bond donors (Lipinski definition) is 2. The number of rotatable bonds is 4. The number of nitrogens with zero attached hydrogens (tertiary/aromatic N) is 3. The van der Waals surface area contributed by atoms with Crippen molar-refractivity contribution in [3.63, 3.8) is 0 Å². The lowest BCUT2D eigenvalue weighted by molar-refractivity contribution is 0.142. The molecule has 1 aliphatic carbocycles. The van der Waals surface area contributed by atoms with Crippen molar-refractivity contribution in [2.75, 3.05) is 0 Å². The molecule has 0 radical (unpaired) electrons. The van der Waals surface area contributed by atoms with Crippen LogP contribution in [0, 0.1) is 5.41 Å². The summed E-state index contributed by atoms with van der Waals surface area (Å²) in [5.74, 6) is 6.75. The van der Waals surface area contributed by atoms with Crippen LogP contribution in [0.1, 0.15) is 44.9 Å². The molecule has 1 aromatic heterocycles. The third-order valence-electron chi connectivity index (χ3n) is 4.23. The van der Waals surface area contributed by atoms with E-state index in [4.69, 9.17) is 5.84 Å². The Morgan fingerprint density at radius 3 is 2.71 bits per heavy atom. The van der Waals surface area contributed by atoms with Gasteiger partial charge in [-0.25, -0.2) is 4.98 Å². The molecule has 1 heterocycles. The van der Waals surface area contributed by atoms with Crippen molar-refractivity contribution in [3.05, 3.63) is 12.2 Å². The SMILES string of the molecule is Cn1ncnc1CC(NN)C1(C)CCCCC1. The van der Waals surface area contributed by atoms with Crippen LogP contribution in [-0.4, -0.2) is 20.8 Å². The third-order valence-corrected chi connectivity index (χ3v) is 4.23. The first kappa shape index (κ1) is 12.5. The van der Waals surface area contributed by atoms with Gasteiger partial charge in [0, 0.05) is 19.5 Å². The van der Waals surface area contributed by atoms with Crippen LogP contribution >= 0.6 is 0 Å². The fraction of sp³-hybridized carbons (Fsp3) is 0.833. The highest BCUT2D eigenvalue weighted by Gasteiger charge is 2.35. The monoisotopic (exact) mass is 237 g/mol. The molecule has 1 aromatic rings. The van der Waals surface area contributed by atoms with E-state index in [1.54, 1.807) is 6.33 Å². The molecule has 5 nitrogen and oxygen atoms in total. The van der Waals surface area contributed by atoms with E-state index >= 15 is 0 Å².